The van der Waals surface area contributed by atoms with Crippen molar-refractivity contribution in [2.75, 3.05) is 19.8 Å². The Morgan fingerprint density at radius 2 is 1.94 bits per heavy atom. The molecule has 0 radical (unpaired) electrons. The van der Waals surface area contributed by atoms with Crippen LogP contribution in [0.5, 0.6) is 11.5 Å². The van der Waals surface area contributed by atoms with Gasteiger partial charge in [0.15, 0.2) is 0 Å². The zero-order valence-corrected chi connectivity index (χ0v) is 21.9. The highest BCUT2D eigenvalue weighted by molar-refractivity contribution is 6.00. The third kappa shape index (κ3) is 5.26. The van der Waals surface area contributed by atoms with Crippen LogP contribution < -0.4 is 4.74 Å². The quantitative estimate of drug-likeness (QED) is 0.324. The number of hydrogen-bond acceptors (Lipinski definition) is 5. The fourth-order valence-corrected chi connectivity index (χ4v) is 4.88. The number of carbonyl (C=O) groups excluding carboxylic acids is 1. The minimum atomic E-state index is -0.352. The van der Waals surface area contributed by atoms with Crippen molar-refractivity contribution in [2.45, 2.75) is 66.0 Å². The molecular formula is C29H37N3O4. The van der Waals surface area contributed by atoms with Crippen LogP contribution in [0.25, 0.3) is 11.3 Å². The molecule has 7 heteroatoms. The second-order valence-corrected chi connectivity index (χ2v) is 9.79. The van der Waals surface area contributed by atoms with E-state index in [9.17, 15) is 9.90 Å². The van der Waals surface area contributed by atoms with Crippen LogP contribution in [0.1, 0.15) is 78.8 Å². The summed E-state index contributed by atoms with van der Waals surface area (Å²) in [6.07, 6.45) is 2.90. The van der Waals surface area contributed by atoms with Crippen molar-refractivity contribution < 1.29 is 19.4 Å². The molecule has 7 nitrogen and oxygen atoms in total. The summed E-state index contributed by atoms with van der Waals surface area (Å²) in [6, 6.07) is 11.4. The number of amides is 1. The topological polar surface area (TPSA) is 87.7 Å². The second-order valence-electron chi connectivity index (χ2n) is 9.79. The number of nitrogens with zero attached hydrogens (tertiary/aromatic N) is 2. The largest absolute Gasteiger partial charge is 0.507 e. The number of phenolic OH excluding ortho intramolecular Hbond substituents is 1. The smallest absolute Gasteiger partial charge is 0.273 e. The van der Waals surface area contributed by atoms with Gasteiger partial charge >= 0.3 is 0 Å². The standard InChI is InChI=1S/C29H37N3O4/c1-6-7-13-36-22-11-8-10-21(17-22)28-25-26(24-20(5)15-19(4)16-23(24)33)30-31-27(25)29(34)32(28)12-9-14-35-18(2)3/h8,10-11,15-18,28,33H,6-7,9,12-14H2,1-5H3,(H,30,31). The van der Waals surface area contributed by atoms with Gasteiger partial charge in [-0.1, -0.05) is 31.5 Å². The molecule has 1 aromatic heterocycles. The van der Waals surface area contributed by atoms with E-state index in [1.54, 1.807) is 6.07 Å². The van der Waals surface area contributed by atoms with Gasteiger partial charge < -0.3 is 19.5 Å². The van der Waals surface area contributed by atoms with Gasteiger partial charge in [-0.25, -0.2) is 0 Å². The summed E-state index contributed by atoms with van der Waals surface area (Å²) < 4.78 is 11.7. The Morgan fingerprint density at radius 1 is 1.14 bits per heavy atom. The third-order valence-electron chi connectivity index (χ3n) is 6.49. The molecule has 192 valence electrons. The summed E-state index contributed by atoms with van der Waals surface area (Å²) in [5, 5.41) is 18.4. The average molecular weight is 492 g/mol. The predicted octanol–water partition coefficient (Wildman–Crippen LogP) is 5.94. The van der Waals surface area contributed by atoms with Crippen LogP contribution in [0.15, 0.2) is 36.4 Å². The van der Waals surface area contributed by atoms with E-state index >= 15 is 0 Å². The van der Waals surface area contributed by atoms with E-state index in [2.05, 4.69) is 17.1 Å². The lowest BCUT2D eigenvalue weighted by atomic mass is 9.93. The number of phenols is 1. The molecule has 0 bridgehead atoms. The molecule has 0 spiro atoms. The summed E-state index contributed by atoms with van der Waals surface area (Å²) in [7, 11) is 0. The van der Waals surface area contributed by atoms with E-state index in [1.807, 2.05) is 62.9 Å². The number of unbranched alkanes of at least 4 members (excludes halogenated alkanes) is 1. The van der Waals surface area contributed by atoms with Crippen molar-refractivity contribution >= 4 is 5.91 Å². The number of benzene rings is 2. The maximum absolute atomic E-state index is 13.6. The van der Waals surface area contributed by atoms with Crippen LogP contribution in [0.2, 0.25) is 0 Å². The first-order chi connectivity index (χ1) is 17.3. The maximum Gasteiger partial charge on any atom is 0.273 e. The minimum Gasteiger partial charge on any atom is -0.507 e. The Balaban J connectivity index is 1.76. The van der Waals surface area contributed by atoms with Gasteiger partial charge in [0.1, 0.15) is 22.9 Å². The van der Waals surface area contributed by atoms with Crippen molar-refractivity contribution in [1.29, 1.82) is 0 Å². The molecule has 1 unspecified atom stereocenters. The number of rotatable bonds is 11. The van der Waals surface area contributed by atoms with Crippen LogP contribution in [0.3, 0.4) is 0 Å². The van der Waals surface area contributed by atoms with Crippen LogP contribution >= 0.6 is 0 Å². The van der Waals surface area contributed by atoms with Gasteiger partial charge in [0, 0.05) is 24.3 Å². The van der Waals surface area contributed by atoms with Crippen molar-refractivity contribution in [3.63, 3.8) is 0 Å². The molecule has 0 saturated carbocycles. The number of aryl methyl sites for hydroxylation is 2. The molecule has 0 saturated heterocycles. The first kappa shape index (κ1) is 25.8. The number of carbonyl (C=O) groups is 1. The fraction of sp³-hybridized carbons (Fsp3) is 0.448. The highest BCUT2D eigenvalue weighted by Crippen LogP contribution is 2.46. The molecule has 0 fully saturated rings. The number of fused-ring (bicyclic) bond motifs is 1. The Hall–Kier alpha value is -3.32. The monoisotopic (exact) mass is 491 g/mol. The van der Waals surface area contributed by atoms with Crippen molar-refractivity contribution in [3.8, 4) is 22.8 Å². The molecule has 0 aliphatic carbocycles. The summed E-state index contributed by atoms with van der Waals surface area (Å²) in [5.41, 5.74) is 5.35. The van der Waals surface area contributed by atoms with E-state index in [4.69, 9.17) is 9.47 Å². The molecule has 1 amide bonds. The molecule has 3 aromatic rings. The molecular weight excluding hydrogens is 454 g/mol. The lowest BCUT2D eigenvalue weighted by Crippen LogP contribution is -2.31. The molecule has 1 aliphatic heterocycles. The zero-order valence-electron chi connectivity index (χ0n) is 21.9. The molecule has 2 aromatic carbocycles. The number of aromatic nitrogens is 2. The van der Waals surface area contributed by atoms with E-state index in [-0.39, 0.29) is 23.8 Å². The van der Waals surface area contributed by atoms with Crippen molar-refractivity contribution in [2.24, 2.45) is 0 Å². The SMILES string of the molecule is CCCCOc1cccc(C2c3c(-c4c(C)cc(C)cc4O)n[nH]c3C(=O)N2CCCOC(C)C)c1. The average Bonchev–Trinajstić information content (AvgIpc) is 3.35. The number of H-pyrrole nitrogens is 1. The van der Waals surface area contributed by atoms with E-state index < -0.39 is 0 Å². The van der Waals surface area contributed by atoms with Crippen LogP contribution in [-0.4, -0.2) is 52.0 Å². The Morgan fingerprint density at radius 3 is 2.67 bits per heavy atom. The summed E-state index contributed by atoms with van der Waals surface area (Å²) in [6.45, 7) is 11.8. The summed E-state index contributed by atoms with van der Waals surface area (Å²) >= 11 is 0. The van der Waals surface area contributed by atoms with Crippen molar-refractivity contribution in [3.05, 3.63) is 64.3 Å². The van der Waals surface area contributed by atoms with E-state index in [1.165, 1.54) is 0 Å². The fourth-order valence-electron chi connectivity index (χ4n) is 4.88. The number of ether oxygens (including phenoxy) is 2. The lowest BCUT2D eigenvalue weighted by Gasteiger charge is -2.27. The minimum absolute atomic E-state index is 0.0974. The molecule has 1 atom stereocenters. The number of aromatic hydroxyl groups is 1. The van der Waals surface area contributed by atoms with Gasteiger partial charge in [-0.3, -0.25) is 9.89 Å². The van der Waals surface area contributed by atoms with Gasteiger partial charge in [-0.15, -0.1) is 0 Å². The Labute approximate surface area is 213 Å². The molecule has 4 rings (SSSR count). The Kier molecular flexibility index (Phi) is 7.99. The van der Waals surface area contributed by atoms with Crippen LogP contribution in [0, 0.1) is 13.8 Å². The Bertz CT molecular complexity index is 1190. The van der Waals surface area contributed by atoms with Crippen LogP contribution in [-0.2, 0) is 4.74 Å². The molecule has 2 N–H and O–H groups in total. The second kappa shape index (κ2) is 11.2. The number of aromatic amines is 1. The van der Waals surface area contributed by atoms with Gasteiger partial charge in [0.2, 0.25) is 0 Å². The van der Waals surface area contributed by atoms with Gasteiger partial charge in [-0.05, 0) is 75.4 Å². The van der Waals surface area contributed by atoms with Gasteiger partial charge in [0.25, 0.3) is 5.91 Å². The molecule has 2 heterocycles. The van der Waals surface area contributed by atoms with Crippen molar-refractivity contribution in [1.82, 2.24) is 15.1 Å². The van der Waals surface area contributed by atoms with Crippen LogP contribution in [0.4, 0.5) is 0 Å². The van der Waals surface area contributed by atoms with E-state index in [0.29, 0.717) is 36.7 Å². The third-order valence-corrected chi connectivity index (χ3v) is 6.49. The van der Waals surface area contributed by atoms with E-state index in [0.717, 1.165) is 47.3 Å². The predicted molar refractivity (Wildman–Crippen MR) is 141 cm³/mol. The number of nitrogens with one attached hydrogen (secondary N) is 1. The molecule has 36 heavy (non-hydrogen) atoms. The van der Waals surface area contributed by atoms with Gasteiger partial charge in [-0.2, -0.15) is 5.10 Å². The first-order valence-corrected chi connectivity index (χ1v) is 12.9. The summed E-state index contributed by atoms with van der Waals surface area (Å²) in [4.78, 5) is 15.5. The highest BCUT2D eigenvalue weighted by Gasteiger charge is 2.42. The maximum atomic E-state index is 13.6. The van der Waals surface area contributed by atoms with Gasteiger partial charge in [0.05, 0.1) is 18.8 Å². The normalized spacial score (nSPS) is 15.1. The number of hydrogen-bond donors (Lipinski definition) is 2. The summed E-state index contributed by atoms with van der Waals surface area (Å²) in [5.74, 6) is 0.845. The first-order valence-electron chi connectivity index (χ1n) is 12.9. The lowest BCUT2D eigenvalue weighted by molar-refractivity contribution is 0.0601. The highest BCUT2D eigenvalue weighted by atomic mass is 16.5. The zero-order chi connectivity index (χ0) is 25.8. The molecule has 1 aliphatic rings.